The fraction of sp³-hybridized carbons (Fsp3) is 0.111. The van der Waals surface area contributed by atoms with Crippen LogP contribution in [0.2, 0.25) is 0 Å². The third-order valence-electron chi connectivity index (χ3n) is 3.36. The van der Waals surface area contributed by atoms with Crippen molar-refractivity contribution >= 4 is 39.1 Å². The van der Waals surface area contributed by atoms with Crippen molar-refractivity contribution in [1.82, 2.24) is 9.97 Å². The summed E-state index contributed by atoms with van der Waals surface area (Å²) in [6.07, 6.45) is 1.74. The molecule has 0 spiro atoms. The van der Waals surface area contributed by atoms with E-state index in [9.17, 15) is 0 Å². The van der Waals surface area contributed by atoms with Crippen molar-refractivity contribution in [3.8, 4) is 0 Å². The molecule has 5 heteroatoms. The Morgan fingerprint density at radius 1 is 0.913 bits per heavy atom. The SMILES string of the molecule is Cc1cccc(Nc2nccc(Nc3ccc(Br)c(C)c3)n2)c1. The van der Waals surface area contributed by atoms with Gasteiger partial charge in [0.15, 0.2) is 0 Å². The van der Waals surface area contributed by atoms with E-state index in [1.807, 2.05) is 30.3 Å². The van der Waals surface area contributed by atoms with E-state index in [4.69, 9.17) is 0 Å². The molecule has 1 aromatic heterocycles. The highest BCUT2D eigenvalue weighted by atomic mass is 79.9. The van der Waals surface area contributed by atoms with Gasteiger partial charge < -0.3 is 10.6 Å². The zero-order valence-corrected chi connectivity index (χ0v) is 14.6. The highest BCUT2D eigenvalue weighted by Gasteiger charge is 2.02. The standard InChI is InChI=1S/C18H17BrN4/c1-12-4-3-5-14(10-12)22-18-20-9-8-17(23-18)21-15-6-7-16(19)13(2)11-15/h3-11H,1-2H3,(H2,20,21,22,23). The van der Waals surface area contributed by atoms with E-state index < -0.39 is 0 Å². The number of nitrogens with zero attached hydrogens (tertiary/aromatic N) is 2. The molecule has 2 N–H and O–H groups in total. The zero-order chi connectivity index (χ0) is 16.2. The molecule has 2 aromatic carbocycles. The van der Waals surface area contributed by atoms with Crippen LogP contribution in [0.4, 0.5) is 23.1 Å². The Morgan fingerprint density at radius 3 is 2.52 bits per heavy atom. The van der Waals surface area contributed by atoms with Gasteiger partial charge in [0, 0.05) is 22.0 Å². The minimum absolute atomic E-state index is 0.564. The summed E-state index contributed by atoms with van der Waals surface area (Å²) in [5.41, 5.74) is 4.32. The van der Waals surface area contributed by atoms with Crippen molar-refractivity contribution in [2.24, 2.45) is 0 Å². The smallest absolute Gasteiger partial charge is 0.229 e. The van der Waals surface area contributed by atoms with Crippen molar-refractivity contribution in [3.63, 3.8) is 0 Å². The quantitative estimate of drug-likeness (QED) is 0.652. The predicted molar refractivity (Wildman–Crippen MR) is 98.7 cm³/mol. The van der Waals surface area contributed by atoms with Gasteiger partial charge in [-0.25, -0.2) is 4.98 Å². The van der Waals surface area contributed by atoms with Gasteiger partial charge in [0.1, 0.15) is 5.82 Å². The van der Waals surface area contributed by atoms with Crippen LogP contribution < -0.4 is 10.6 Å². The zero-order valence-electron chi connectivity index (χ0n) is 13.0. The normalized spacial score (nSPS) is 10.4. The first-order valence-corrected chi connectivity index (χ1v) is 8.09. The summed E-state index contributed by atoms with van der Waals surface area (Å²) in [4.78, 5) is 8.77. The fourth-order valence-electron chi connectivity index (χ4n) is 2.21. The number of benzene rings is 2. The summed E-state index contributed by atoms with van der Waals surface area (Å²) in [5.74, 6) is 1.31. The van der Waals surface area contributed by atoms with Gasteiger partial charge in [0.25, 0.3) is 0 Å². The van der Waals surface area contributed by atoms with Crippen LogP contribution in [0.15, 0.2) is 59.2 Å². The van der Waals surface area contributed by atoms with E-state index in [0.29, 0.717) is 5.95 Å². The number of aromatic nitrogens is 2. The minimum atomic E-state index is 0.564. The second kappa shape index (κ2) is 6.79. The number of hydrogen-bond acceptors (Lipinski definition) is 4. The molecular formula is C18H17BrN4. The van der Waals surface area contributed by atoms with Gasteiger partial charge >= 0.3 is 0 Å². The third kappa shape index (κ3) is 4.07. The van der Waals surface area contributed by atoms with Crippen molar-refractivity contribution in [2.75, 3.05) is 10.6 Å². The van der Waals surface area contributed by atoms with Gasteiger partial charge in [0.05, 0.1) is 0 Å². The van der Waals surface area contributed by atoms with Crippen LogP contribution in [0.3, 0.4) is 0 Å². The van der Waals surface area contributed by atoms with Crippen molar-refractivity contribution in [3.05, 3.63) is 70.3 Å². The summed E-state index contributed by atoms with van der Waals surface area (Å²) in [6, 6.07) is 16.1. The Kier molecular flexibility index (Phi) is 4.57. The van der Waals surface area contributed by atoms with Crippen LogP contribution in [0.25, 0.3) is 0 Å². The van der Waals surface area contributed by atoms with Gasteiger partial charge in [-0.2, -0.15) is 4.98 Å². The Hall–Kier alpha value is -2.40. The molecule has 0 fully saturated rings. The molecule has 0 amide bonds. The third-order valence-corrected chi connectivity index (χ3v) is 4.25. The van der Waals surface area contributed by atoms with Crippen LogP contribution in [0.5, 0.6) is 0 Å². The topological polar surface area (TPSA) is 49.8 Å². The molecule has 23 heavy (non-hydrogen) atoms. The Balaban J connectivity index is 1.78. The first kappa shape index (κ1) is 15.5. The Bertz CT molecular complexity index is 833. The second-order valence-corrected chi connectivity index (χ2v) is 6.20. The molecule has 116 valence electrons. The van der Waals surface area contributed by atoms with E-state index in [2.05, 4.69) is 68.6 Å². The molecule has 0 aliphatic heterocycles. The molecule has 0 bridgehead atoms. The number of anilines is 4. The molecule has 0 saturated carbocycles. The highest BCUT2D eigenvalue weighted by molar-refractivity contribution is 9.10. The Morgan fingerprint density at radius 2 is 1.74 bits per heavy atom. The van der Waals surface area contributed by atoms with Crippen LogP contribution >= 0.6 is 15.9 Å². The largest absolute Gasteiger partial charge is 0.340 e. The number of rotatable bonds is 4. The molecule has 0 atom stereocenters. The first-order valence-electron chi connectivity index (χ1n) is 7.30. The summed E-state index contributed by atoms with van der Waals surface area (Å²) in [5, 5.41) is 6.52. The van der Waals surface area contributed by atoms with Gasteiger partial charge in [-0.15, -0.1) is 0 Å². The van der Waals surface area contributed by atoms with E-state index in [1.54, 1.807) is 6.20 Å². The van der Waals surface area contributed by atoms with Gasteiger partial charge in [-0.1, -0.05) is 28.1 Å². The van der Waals surface area contributed by atoms with Gasteiger partial charge in [-0.05, 0) is 61.4 Å². The van der Waals surface area contributed by atoms with Crippen molar-refractivity contribution in [1.29, 1.82) is 0 Å². The van der Waals surface area contributed by atoms with Crippen molar-refractivity contribution in [2.45, 2.75) is 13.8 Å². The molecule has 0 unspecified atom stereocenters. The highest BCUT2D eigenvalue weighted by Crippen LogP contribution is 2.23. The molecule has 0 saturated heterocycles. The van der Waals surface area contributed by atoms with E-state index in [1.165, 1.54) is 11.1 Å². The predicted octanol–water partition coefficient (Wildman–Crippen LogP) is 5.34. The Labute approximate surface area is 144 Å². The second-order valence-electron chi connectivity index (χ2n) is 5.35. The molecule has 1 heterocycles. The van der Waals surface area contributed by atoms with Crippen LogP contribution in [-0.4, -0.2) is 9.97 Å². The molecule has 3 rings (SSSR count). The summed E-state index contributed by atoms with van der Waals surface area (Å²) in [6.45, 7) is 4.11. The molecule has 0 aliphatic rings. The van der Waals surface area contributed by atoms with Crippen molar-refractivity contribution < 1.29 is 0 Å². The first-order chi connectivity index (χ1) is 11.1. The van der Waals surface area contributed by atoms with Crippen LogP contribution in [0.1, 0.15) is 11.1 Å². The molecular weight excluding hydrogens is 352 g/mol. The lowest BCUT2D eigenvalue weighted by Gasteiger charge is -2.10. The lowest BCUT2D eigenvalue weighted by Crippen LogP contribution is -2.00. The molecule has 0 radical (unpaired) electrons. The average molecular weight is 369 g/mol. The maximum absolute atomic E-state index is 4.50. The van der Waals surface area contributed by atoms with Gasteiger partial charge in [-0.3, -0.25) is 0 Å². The fourth-order valence-corrected chi connectivity index (χ4v) is 2.46. The number of halogens is 1. The average Bonchev–Trinajstić information content (AvgIpc) is 2.51. The maximum atomic E-state index is 4.50. The number of hydrogen-bond donors (Lipinski definition) is 2. The maximum Gasteiger partial charge on any atom is 0.229 e. The monoisotopic (exact) mass is 368 g/mol. The minimum Gasteiger partial charge on any atom is -0.340 e. The van der Waals surface area contributed by atoms with E-state index in [-0.39, 0.29) is 0 Å². The number of nitrogens with one attached hydrogen (secondary N) is 2. The van der Waals surface area contributed by atoms with Crippen LogP contribution in [-0.2, 0) is 0 Å². The van der Waals surface area contributed by atoms with Crippen LogP contribution in [0, 0.1) is 13.8 Å². The molecule has 3 aromatic rings. The number of aryl methyl sites for hydroxylation is 2. The van der Waals surface area contributed by atoms with E-state index >= 15 is 0 Å². The van der Waals surface area contributed by atoms with Gasteiger partial charge in [0.2, 0.25) is 5.95 Å². The molecule has 0 aliphatic carbocycles. The lowest BCUT2D eigenvalue weighted by molar-refractivity contribution is 1.16. The molecule has 4 nitrogen and oxygen atoms in total. The summed E-state index contributed by atoms with van der Waals surface area (Å²) < 4.78 is 1.09. The summed E-state index contributed by atoms with van der Waals surface area (Å²) >= 11 is 3.51. The summed E-state index contributed by atoms with van der Waals surface area (Å²) in [7, 11) is 0. The lowest BCUT2D eigenvalue weighted by atomic mass is 10.2. The van der Waals surface area contributed by atoms with E-state index in [0.717, 1.165) is 21.7 Å².